The van der Waals surface area contributed by atoms with Crippen LogP contribution in [0.15, 0.2) is 24.7 Å². The number of rotatable bonds is 5. The van der Waals surface area contributed by atoms with Crippen LogP contribution in [0.4, 0.5) is 11.5 Å². The van der Waals surface area contributed by atoms with Crippen LogP contribution in [0.25, 0.3) is 10.6 Å². The molecular weight excluding hydrogens is 366 g/mol. The Hall–Kier alpha value is -2.85. The second kappa shape index (κ2) is 7.36. The smallest absolute Gasteiger partial charge is 0.273 e. The number of hydrogen-bond acceptors (Lipinski definition) is 9. The van der Waals surface area contributed by atoms with Gasteiger partial charge in [0.05, 0.1) is 18.4 Å². The molecule has 3 heterocycles. The zero-order valence-corrected chi connectivity index (χ0v) is 14.2. The first kappa shape index (κ1) is 13.4. The maximum absolute atomic E-state index is 12.3. The first-order valence-electron chi connectivity index (χ1n) is 8.21. The Morgan fingerprint density at radius 1 is 1.40 bits per heavy atom. The molecule has 128 valence electrons. The van der Waals surface area contributed by atoms with Crippen molar-refractivity contribution in [2.24, 2.45) is 0 Å². The zero-order valence-electron chi connectivity index (χ0n) is 15.6. The third-order valence-electron chi connectivity index (χ3n) is 3.05. The van der Waals surface area contributed by atoms with Crippen LogP contribution < -0.4 is 15.4 Å². The molecule has 0 aromatic carbocycles. The number of amides is 1. The van der Waals surface area contributed by atoms with Crippen LogP contribution in [0.3, 0.4) is 0 Å². The molecular formula is C14H12ClN7O2S. The summed E-state index contributed by atoms with van der Waals surface area (Å²) in [5.41, 5.74) is 0.455. The van der Waals surface area contributed by atoms with Gasteiger partial charge in [0.1, 0.15) is 11.3 Å². The van der Waals surface area contributed by atoms with Crippen molar-refractivity contribution >= 4 is 40.5 Å². The van der Waals surface area contributed by atoms with Gasteiger partial charge < -0.3 is 15.4 Å². The number of nitrogens with zero attached hydrogens (tertiary/aromatic N) is 5. The highest BCUT2D eigenvalue weighted by molar-refractivity contribution is 7.09. The van der Waals surface area contributed by atoms with E-state index in [-0.39, 0.29) is 22.4 Å². The lowest BCUT2D eigenvalue weighted by molar-refractivity contribution is 0.0958. The summed E-state index contributed by atoms with van der Waals surface area (Å²) < 4.78 is 30.9. The van der Waals surface area contributed by atoms with Crippen molar-refractivity contribution in [3.63, 3.8) is 0 Å². The molecule has 0 aliphatic heterocycles. The molecule has 0 bridgehead atoms. The topological polar surface area (TPSA) is 115 Å². The molecule has 0 radical (unpaired) electrons. The predicted molar refractivity (Wildman–Crippen MR) is 93.4 cm³/mol. The van der Waals surface area contributed by atoms with Crippen molar-refractivity contribution in [1.29, 1.82) is 0 Å². The molecule has 3 rings (SSSR count). The lowest BCUT2D eigenvalue weighted by Crippen LogP contribution is -2.21. The van der Waals surface area contributed by atoms with E-state index in [0.717, 1.165) is 0 Å². The van der Waals surface area contributed by atoms with E-state index in [9.17, 15) is 4.79 Å². The van der Waals surface area contributed by atoms with Crippen molar-refractivity contribution in [2.45, 2.75) is 0 Å². The fourth-order valence-corrected chi connectivity index (χ4v) is 2.72. The number of hydrogen-bond donors (Lipinski definition) is 2. The summed E-state index contributed by atoms with van der Waals surface area (Å²) in [5.74, 6) is -0.373. The average Bonchev–Trinajstić information content (AvgIpc) is 3.14. The van der Waals surface area contributed by atoms with Crippen LogP contribution in [0.5, 0.6) is 5.75 Å². The van der Waals surface area contributed by atoms with Gasteiger partial charge in [-0.05, 0) is 17.6 Å². The first-order valence-corrected chi connectivity index (χ1v) is 7.86. The highest BCUT2D eigenvalue weighted by atomic mass is 35.5. The highest BCUT2D eigenvalue weighted by Crippen LogP contribution is 2.37. The molecule has 0 atom stereocenters. The number of carbonyl (C=O) groups is 1. The monoisotopic (exact) mass is 380 g/mol. The fraction of sp³-hybridized carbons (Fsp3) is 0.143. The van der Waals surface area contributed by atoms with Gasteiger partial charge in [-0.1, -0.05) is 11.6 Å². The van der Waals surface area contributed by atoms with Gasteiger partial charge >= 0.3 is 0 Å². The van der Waals surface area contributed by atoms with E-state index in [1.165, 1.54) is 37.2 Å². The van der Waals surface area contributed by atoms with E-state index < -0.39 is 12.9 Å². The van der Waals surface area contributed by atoms with Crippen molar-refractivity contribution in [2.75, 3.05) is 19.4 Å². The summed E-state index contributed by atoms with van der Waals surface area (Å²) in [6.45, 7) is -2.69. The molecule has 9 nitrogen and oxygen atoms in total. The Labute approximate surface area is 155 Å². The molecule has 3 aromatic rings. The predicted octanol–water partition coefficient (Wildman–Crippen LogP) is 2.16. The summed E-state index contributed by atoms with van der Waals surface area (Å²) in [7, 11) is 1.45. The molecule has 0 spiro atoms. The number of ether oxygens (including phenoxy) is 1. The van der Waals surface area contributed by atoms with Crippen molar-refractivity contribution in [1.82, 2.24) is 29.9 Å². The quantitative estimate of drug-likeness (QED) is 0.691. The Bertz CT molecular complexity index is 1000. The second-order valence-corrected chi connectivity index (χ2v) is 5.66. The molecule has 0 saturated heterocycles. The van der Waals surface area contributed by atoms with E-state index in [0.29, 0.717) is 16.3 Å². The number of anilines is 2. The number of nitrogens with one attached hydrogen (secondary N) is 2. The van der Waals surface area contributed by atoms with E-state index in [1.807, 2.05) is 5.32 Å². The Balaban J connectivity index is 2.01. The van der Waals surface area contributed by atoms with Crippen molar-refractivity contribution < 1.29 is 13.6 Å². The number of aromatic nitrogens is 5. The summed E-state index contributed by atoms with van der Waals surface area (Å²) in [4.78, 5) is 20.6. The number of pyridine rings is 1. The minimum Gasteiger partial charge on any atom is -0.492 e. The van der Waals surface area contributed by atoms with Gasteiger partial charge in [-0.15, -0.1) is 10.2 Å². The molecule has 25 heavy (non-hydrogen) atoms. The van der Waals surface area contributed by atoms with Gasteiger partial charge in [0.25, 0.3) is 5.91 Å². The van der Waals surface area contributed by atoms with Crippen LogP contribution in [-0.2, 0) is 0 Å². The third kappa shape index (κ3) is 3.49. The number of carbonyl (C=O) groups excluding carboxylic acids is 1. The van der Waals surface area contributed by atoms with Crippen LogP contribution in [0.1, 0.15) is 14.6 Å². The Morgan fingerprint density at radius 2 is 2.28 bits per heavy atom. The van der Waals surface area contributed by atoms with Gasteiger partial charge in [0.15, 0.2) is 22.4 Å². The molecule has 3 aromatic heterocycles. The highest BCUT2D eigenvalue weighted by Gasteiger charge is 2.19. The summed E-state index contributed by atoms with van der Waals surface area (Å²) in [6.07, 6.45) is 2.93. The van der Waals surface area contributed by atoms with Crippen molar-refractivity contribution in [3.05, 3.63) is 35.5 Å². The van der Waals surface area contributed by atoms with Gasteiger partial charge in [0.2, 0.25) is 0 Å². The molecule has 0 saturated carbocycles. The molecule has 11 heteroatoms. The lowest BCUT2D eigenvalue weighted by Gasteiger charge is -2.14. The molecule has 0 aliphatic rings. The third-order valence-corrected chi connectivity index (χ3v) is 3.93. The zero-order chi connectivity index (χ0) is 20.3. The molecule has 2 N–H and O–H groups in total. The standard InChI is InChI=1S/C14H12ClN7O2S/c1-16-13(23)10-8(5-9(15)21-22-10)20-12-11(24-2)7(3-4-17-12)14-18-6-19-25-14/h3-6H,1-2H3,(H,16,23)(H,17,20,21)/i1D3. The minimum atomic E-state index is -2.69. The lowest BCUT2D eigenvalue weighted by atomic mass is 10.2. The summed E-state index contributed by atoms with van der Waals surface area (Å²) in [6, 6.07) is 3.02. The Kier molecular flexibility index (Phi) is 3.96. The number of halogens is 1. The normalized spacial score (nSPS) is 12.6. The van der Waals surface area contributed by atoms with E-state index in [1.54, 1.807) is 6.07 Å². The second-order valence-electron chi connectivity index (χ2n) is 4.50. The number of methoxy groups -OCH3 is 1. The van der Waals surface area contributed by atoms with Crippen LogP contribution >= 0.6 is 23.1 Å². The van der Waals surface area contributed by atoms with Crippen LogP contribution in [-0.4, -0.2) is 44.5 Å². The van der Waals surface area contributed by atoms with Crippen molar-refractivity contribution in [3.8, 4) is 16.3 Å². The fourth-order valence-electron chi connectivity index (χ4n) is 2.02. The first-order chi connectivity index (χ1) is 13.3. The van der Waals surface area contributed by atoms with E-state index >= 15 is 0 Å². The average molecular weight is 381 g/mol. The maximum Gasteiger partial charge on any atom is 0.273 e. The van der Waals surface area contributed by atoms with Gasteiger partial charge in [-0.25, -0.2) is 9.97 Å². The molecule has 0 aliphatic carbocycles. The molecule has 0 fully saturated rings. The largest absolute Gasteiger partial charge is 0.492 e. The summed E-state index contributed by atoms with van der Waals surface area (Å²) in [5, 5.41) is 12.6. The van der Waals surface area contributed by atoms with E-state index in [2.05, 4.69) is 29.9 Å². The molecule has 1 amide bonds. The Morgan fingerprint density at radius 3 is 3.00 bits per heavy atom. The minimum absolute atomic E-state index is 0.00724. The van der Waals surface area contributed by atoms with Crippen LogP contribution in [0.2, 0.25) is 5.15 Å². The van der Waals surface area contributed by atoms with Gasteiger partial charge in [0, 0.05) is 23.4 Å². The van der Waals surface area contributed by atoms with Gasteiger partial charge in [-0.3, -0.25) is 4.79 Å². The van der Waals surface area contributed by atoms with Gasteiger partial charge in [-0.2, -0.15) is 4.37 Å². The SMILES string of the molecule is [2H]C([2H])([2H])NC(=O)c1nnc(Cl)cc1Nc1nccc(-c2ncns2)c1OC. The van der Waals surface area contributed by atoms with E-state index in [4.69, 9.17) is 20.5 Å². The van der Waals surface area contributed by atoms with Crippen LogP contribution in [0, 0.1) is 0 Å². The molecule has 0 unspecified atom stereocenters. The summed E-state index contributed by atoms with van der Waals surface area (Å²) >= 11 is 7.05. The maximum atomic E-state index is 12.3.